The molecule has 4 nitrogen and oxygen atoms in total. The van der Waals surface area contributed by atoms with Gasteiger partial charge in [-0.25, -0.2) is 0 Å². The van der Waals surface area contributed by atoms with Crippen molar-refractivity contribution in [3.05, 3.63) is 29.8 Å². The molecular formula is C15H23N3O. The van der Waals surface area contributed by atoms with Gasteiger partial charge in [-0.05, 0) is 44.9 Å². The number of nitrogens with two attached hydrogens (primary N) is 1. The van der Waals surface area contributed by atoms with Crippen molar-refractivity contribution in [3.8, 4) is 0 Å². The van der Waals surface area contributed by atoms with E-state index < -0.39 is 0 Å². The summed E-state index contributed by atoms with van der Waals surface area (Å²) in [5, 5.41) is 2.98. The van der Waals surface area contributed by atoms with E-state index >= 15 is 0 Å². The number of aryl methyl sites for hydroxylation is 1. The van der Waals surface area contributed by atoms with Crippen LogP contribution in [0, 0.1) is 0 Å². The van der Waals surface area contributed by atoms with Gasteiger partial charge in [-0.1, -0.05) is 18.2 Å². The number of benzene rings is 1. The van der Waals surface area contributed by atoms with E-state index in [-0.39, 0.29) is 11.9 Å². The number of carbonyl (C=O) groups is 1. The minimum absolute atomic E-state index is 0.249. The van der Waals surface area contributed by atoms with Gasteiger partial charge in [0.05, 0.1) is 6.04 Å². The van der Waals surface area contributed by atoms with Crippen molar-refractivity contribution in [2.45, 2.75) is 38.3 Å². The number of hydrogen-bond donors (Lipinski definition) is 2. The number of anilines is 1. The summed E-state index contributed by atoms with van der Waals surface area (Å²) in [6, 6.07) is 8.79. The van der Waals surface area contributed by atoms with Gasteiger partial charge < -0.3 is 16.0 Å². The molecule has 0 aromatic heterocycles. The normalized spacial score (nSPS) is 19.9. The van der Waals surface area contributed by atoms with Crippen LogP contribution in [-0.2, 0) is 11.2 Å². The summed E-state index contributed by atoms with van der Waals surface area (Å²) >= 11 is 0. The summed E-state index contributed by atoms with van der Waals surface area (Å²) in [6.07, 6.45) is 3.04. The predicted octanol–water partition coefficient (Wildman–Crippen LogP) is 1.29. The number of rotatable bonds is 5. The molecule has 1 amide bonds. The van der Waals surface area contributed by atoms with Gasteiger partial charge in [0, 0.05) is 18.3 Å². The molecular weight excluding hydrogens is 238 g/mol. The highest BCUT2D eigenvalue weighted by Gasteiger charge is 2.23. The van der Waals surface area contributed by atoms with E-state index in [2.05, 4.69) is 41.4 Å². The van der Waals surface area contributed by atoms with Crippen molar-refractivity contribution >= 4 is 11.6 Å². The maximum atomic E-state index is 11.3. The average Bonchev–Trinajstić information content (AvgIpc) is 2.41. The molecule has 2 rings (SSSR count). The minimum Gasteiger partial charge on any atom is -0.369 e. The molecule has 0 aliphatic carbocycles. The van der Waals surface area contributed by atoms with Crippen molar-refractivity contribution in [1.82, 2.24) is 5.32 Å². The highest BCUT2D eigenvalue weighted by molar-refractivity contribution is 5.79. The topological polar surface area (TPSA) is 58.4 Å². The van der Waals surface area contributed by atoms with E-state index in [1.165, 1.54) is 11.3 Å². The van der Waals surface area contributed by atoms with Crippen LogP contribution >= 0.6 is 0 Å². The fourth-order valence-electron chi connectivity index (χ4n) is 2.80. The Morgan fingerprint density at radius 3 is 2.95 bits per heavy atom. The Kier molecular flexibility index (Phi) is 4.43. The molecule has 0 fully saturated rings. The Labute approximate surface area is 115 Å². The number of carbonyl (C=O) groups excluding carboxylic acids is 1. The Bertz CT molecular complexity index is 447. The molecule has 1 aromatic rings. The number of hydrogen-bond acceptors (Lipinski definition) is 3. The van der Waals surface area contributed by atoms with E-state index in [1.807, 2.05) is 0 Å². The molecule has 2 unspecified atom stereocenters. The summed E-state index contributed by atoms with van der Waals surface area (Å²) in [4.78, 5) is 13.7. The third-order valence-electron chi connectivity index (χ3n) is 4.02. The Hall–Kier alpha value is -1.55. The zero-order chi connectivity index (χ0) is 13.8. The van der Waals surface area contributed by atoms with Gasteiger partial charge in [-0.2, -0.15) is 0 Å². The molecule has 0 saturated carbocycles. The molecule has 1 heterocycles. The third kappa shape index (κ3) is 3.07. The molecule has 0 saturated heterocycles. The molecule has 0 radical (unpaired) electrons. The smallest absolute Gasteiger partial charge is 0.234 e. The van der Waals surface area contributed by atoms with Gasteiger partial charge >= 0.3 is 0 Å². The monoisotopic (exact) mass is 261 g/mol. The Morgan fingerprint density at radius 2 is 2.26 bits per heavy atom. The summed E-state index contributed by atoms with van der Waals surface area (Å²) in [5.41, 5.74) is 8.08. The van der Waals surface area contributed by atoms with Crippen molar-refractivity contribution in [3.63, 3.8) is 0 Å². The molecule has 104 valence electrons. The van der Waals surface area contributed by atoms with Gasteiger partial charge in [-0.3, -0.25) is 4.79 Å². The van der Waals surface area contributed by atoms with E-state index in [4.69, 9.17) is 5.73 Å². The van der Waals surface area contributed by atoms with Crippen LogP contribution in [0.5, 0.6) is 0 Å². The Balaban J connectivity index is 2.09. The predicted molar refractivity (Wildman–Crippen MR) is 78.2 cm³/mol. The van der Waals surface area contributed by atoms with Gasteiger partial charge in [-0.15, -0.1) is 0 Å². The molecule has 19 heavy (non-hydrogen) atoms. The van der Waals surface area contributed by atoms with Crippen LogP contribution in [0.25, 0.3) is 0 Å². The second-order valence-electron chi connectivity index (χ2n) is 5.24. The maximum absolute atomic E-state index is 11.3. The van der Waals surface area contributed by atoms with Gasteiger partial charge in [0.15, 0.2) is 0 Å². The lowest BCUT2D eigenvalue weighted by Gasteiger charge is -2.37. The highest BCUT2D eigenvalue weighted by atomic mass is 16.1. The van der Waals surface area contributed by atoms with Gasteiger partial charge in [0.1, 0.15) is 0 Å². The molecule has 2 atom stereocenters. The first kappa shape index (κ1) is 13.9. The van der Waals surface area contributed by atoms with Crippen LogP contribution < -0.4 is 16.0 Å². The number of likely N-dealkylation sites (N-methyl/N-ethyl adjacent to an activating group) is 1. The highest BCUT2D eigenvalue weighted by Crippen LogP contribution is 2.30. The van der Waals surface area contributed by atoms with E-state index in [0.29, 0.717) is 6.04 Å². The fourth-order valence-corrected chi connectivity index (χ4v) is 2.80. The number of nitrogens with zero attached hydrogens (tertiary/aromatic N) is 1. The second-order valence-corrected chi connectivity index (χ2v) is 5.24. The zero-order valence-corrected chi connectivity index (χ0v) is 11.7. The summed E-state index contributed by atoms with van der Waals surface area (Å²) in [6.45, 7) is 3.10. The first-order valence-electron chi connectivity index (χ1n) is 6.94. The SMILES string of the molecule is CNC(CCN1c2ccccc2CCC1C)C(N)=O. The largest absolute Gasteiger partial charge is 0.369 e. The molecule has 1 aliphatic heterocycles. The van der Waals surface area contributed by atoms with Gasteiger partial charge in [0.2, 0.25) is 5.91 Å². The zero-order valence-electron chi connectivity index (χ0n) is 11.7. The number of para-hydroxylation sites is 1. The number of amides is 1. The molecule has 1 aromatic carbocycles. The number of nitrogens with one attached hydrogen (secondary N) is 1. The van der Waals surface area contributed by atoms with Crippen LogP contribution in [0.1, 0.15) is 25.3 Å². The van der Waals surface area contributed by atoms with E-state index in [0.717, 1.165) is 25.8 Å². The quantitative estimate of drug-likeness (QED) is 0.839. The Morgan fingerprint density at radius 1 is 1.53 bits per heavy atom. The van der Waals surface area contributed by atoms with Crippen molar-refractivity contribution < 1.29 is 4.79 Å². The van der Waals surface area contributed by atoms with Crippen molar-refractivity contribution in [1.29, 1.82) is 0 Å². The lowest BCUT2D eigenvalue weighted by molar-refractivity contribution is -0.120. The lowest BCUT2D eigenvalue weighted by atomic mass is 9.96. The summed E-state index contributed by atoms with van der Waals surface area (Å²) < 4.78 is 0. The second kappa shape index (κ2) is 6.06. The van der Waals surface area contributed by atoms with Crippen molar-refractivity contribution in [2.75, 3.05) is 18.5 Å². The summed E-state index contributed by atoms with van der Waals surface area (Å²) in [5.74, 6) is -0.277. The molecule has 3 N–H and O–H groups in total. The van der Waals surface area contributed by atoms with Crippen LogP contribution in [0.3, 0.4) is 0 Å². The third-order valence-corrected chi connectivity index (χ3v) is 4.02. The summed E-state index contributed by atoms with van der Waals surface area (Å²) in [7, 11) is 1.78. The number of primary amides is 1. The van der Waals surface area contributed by atoms with Crippen LogP contribution in [0.15, 0.2) is 24.3 Å². The first-order chi connectivity index (χ1) is 9.13. The van der Waals surface area contributed by atoms with Crippen LogP contribution in [0.2, 0.25) is 0 Å². The van der Waals surface area contributed by atoms with E-state index in [9.17, 15) is 4.79 Å². The van der Waals surface area contributed by atoms with Crippen LogP contribution in [0.4, 0.5) is 5.69 Å². The van der Waals surface area contributed by atoms with Crippen molar-refractivity contribution in [2.24, 2.45) is 5.73 Å². The maximum Gasteiger partial charge on any atom is 0.234 e. The first-order valence-corrected chi connectivity index (χ1v) is 6.94. The van der Waals surface area contributed by atoms with Gasteiger partial charge in [0.25, 0.3) is 0 Å². The average molecular weight is 261 g/mol. The standard InChI is InChI=1S/C15H23N3O/c1-11-7-8-12-5-3-4-6-14(12)18(11)10-9-13(17-2)15(16)19/h3-6,11,13,17H,7-10H2,1-2H3,(H2,16,19). The van der Waals surface area contributed by atoms with E-state index in [1.54, 1.807) is 7.05 Å². The minimum atomic E-state index is -0.277. The lowest BCUT2D eigenvalue weighted by Crippen LogP contribution is -2.44. The molecule has 0 spiro atoms. The number of fused-ring (bicyclic) bond motifs is 1. The molecule has 1 aliphatic rings. The fraction of sp³-hybridized carbons (Fsp3) is 0.533. The van der Waals surface area contributed by atoms with Crippen LogP contribution in [-0.4, -0.2) is 31.6 Å². The molecule has 4 heteroatoms. The molecule has 0 bridgehead atoms.